The largest absolute Gasteiger partial charge is 0.345 e. The highest BCUT2D eigenvalue weighted by molar-refractivity contribution is 6.29. The first kappa shape index (κ1) is 8.07. The minimum absolute atomic E-state index is 0.188. The second-order valence-electron chi connectivity index (χ2n) is 2.20. The van der Waals surface area contributed by atoms with E-state index in [1.807, 2.05) is 0 Å². The highest BCUT2D eigenvalue weighted by atomic mass is 35.5. The molecule has 0 radical (unpaired) electrons. The molecule has 1 aromatic rings. The number of allylic oxidation sites excluding steroid dienone is 1. The molecular weight excluding hydrogens is 166 g/mol. The molecule has 5 heteroatoms. The molecule has 4 nitrogen and oxygen atoms in total. The molecule has 0 saturated carbocycles. The van der Waals surface area contributed by atoms with E-state index in [-0.39, 0.29) is 12.2 Å². The van der Waals surface area contributed by atoms with Crippen LogP contribution in [0.15, 0.2) is 22.7 Å². The van der Waals surface area contributed by atoms with Crippen LogP contribution in [0.5, 0.6) is 0 Å². The van der Waals surface area contributed by atoms with Crippen molar-refractivity contribution >= 4 is 11.6 Å². The molecule has 60 valence electrons. The van der Waals surface area contributed by atoms with Crippen molar-refractivity contribution in [3.63, 3.8) is 0 Å². The van der Waals surface area contributed by atoms with Crippen LogP contribution in [0.3, 0.4) is 0 Å². The Morgan fingerprint density at radius 3 is 2.91 bits per heavy atom. The highest BCUT2D eigenvalue weighted by Crippen LogP contribution is 1.96. The van der Waals surface area contributed by atoms with E-state index < -0.39 is 0 Å². The molecule has 0 aliphatic heterocycles. The van der Waals surface area contributed by atoms with E-state index in [0.717, 1.165) is 0 Å². The number of hydrogen-bond acceptors (Lipinski definition) is 2. The Balaban J connectivity index is 2.97. The van der Waals surface area contributed by atoms with Crippen LogP contribution in [0.4, 0.5) is 0 Å². The summed E-state index contributed by atoms with van der Waals surface area (Å²) in [4.78, 5) is 11.1. The monoisotopic (exact) mass is 173 g/mol. The lowest BCUT2D eigenvalue weighted by molar-refractivity contribution is 0.654. The van der Waals surface area contributed by atoms with E-state index in [1.54, 1.807) is 7.05 Å². The Bertz CT molecular complexity index is 325. The van der Waals surface area contributed by atoms with Gasteiger partial charge in [0, 0.05) is 12.1 Å². The number of aryl methyl sites for hydroxylation is 1. The Morgan fingerprint density at radius 2 is 2.55 bits per heavy atom. The second-order valence-corrected chi connectivity index (χ2v) is 2.73. The molecule has 0 N–H and O–H groups in total. The summed E-state index contributed by atoms with van der Waals surface area (Å²) in [5.74, 6) is 0. The Morgan fingerprint density at radius 1 is 1.91 bits per heavy atom. The van der Waals surface area contributed by atoms with E-state index in [2.05, 4.69) is 11.7 Å². The van der Waals surface area contributed by atoms with E-state index in [9.17, 15) is 4.79 Å². The summed E-state index contributed by atoms with van der Waals surface area (Å²) in [7, 11) is 1.63. The molecule has 0 aliphatic carbocycles. The van der Waals surface area contributed by atoms with Crippen LogP contribution in [-0.2, 0) is 13.6 Å². The van der Waals surface area contributed by atoms with Crippen molar-refractivity contribution in [2.24, 2.45) is 7.05 Å². The van der Waals surface area contributed by atoms with Gasteiger partial charge in [-0.2, -0.15) is 5.10 Å². The van der Waals surface area contributed by atoms with Gasteiger partial charge in [0.25, 0.3) is 0 Å². The third kappa shape index (κ3) is 1.71. The standard InChI is InChI=1S/C6H8ClN3O/c1-5(7)3-10-6(11)9(2)4-8-10/h4H,1,3H2,2H3. The van der Waals surface area contributed by atoms with Gasteiger partial charge in [-0.15, -0.1) is 0 Å². The summed E-state index contributed by atoms with van der Waals surface area (Å²) < 4.78 is 2.62. The Labute approximate surface area is 68.7 Å². The Kier molecular flexibility index (Phi) is 2.14. The fraction of sp³-hybridized carbons (Fsp3) is 0.333. The lowest BCUT2D eigenvalue weighted by Gasteiger charge is -1.93. The molecule has 0 aromatic carbocycles. The van der Waals surface area contributed by atoms with Crippen LogP contribution in [-0.4, -0.2) is 14.3 Å². The van der Waals surface area contributed by atoms with E-state index in [0.29, 0.717) is 5.03 Å². The molecule has 0 bridgehead atoms. The van der Waals surface area contributed by atoms with Crippen LogP contribution in [0.25, 0.3) is 0 Å². The van der Waals surface area contributed by atoms with Crippen LogP contribution in [0, 0.1) is 0 Å². The van der Waals surface area contributed by atoms with Gasteiger partial charge in [-0.3, -0.25) is 4.57 Å². The summed E-state index contributed by atoms with van der Waals surface area (Å²) in [6.45, 7) is 3.72. The zero-order valence-corrected chi connectivity index (χ0v) is 6.88. The van der Waals surface area contributed by atoms with Gasteiger partial charge in [0.05, 0.1) is 6.54 Å². The molecule has 0 unspecified atom stereocenters. The first-order valence-corrected chi connectivity index (χ1v) is 3.41. The smallest absolute Gasteiger partial charge is 0.285 e. The van der Waals surface area contributed by atoms with Gasteiger partial charge in [0.15, 0.2) is 0 Å². The van der Waals surface area contributed by atoms with Crippen molar-refractivity contribution in [1.29, 1.82) is 0 Å². The summed E-state index contributed by atoms with van der Waals surface area (Å²) in [5.41, 5.74) is -0.188. The number of hydrogen-bond donors (Lipinski definition) is 0. The first-order valence-electron chi connectivity index (χ1n) is 3.03. The molecular formula is C6H8ClN3O. The minimum atomic E-state index is -0.188. The van der Waals surface area contributed by atoms with Crippen LogP contribution in [0.2, 0.25) is 0 Å². The molecule has 0 aliphatic rings. The molecule has 1 rings (SSSR count). The number of aromatic nitrogens is 3. The Hall–Kier alpha value is -1.03. The fourth-order valence-corrected chi connectivity index (χ4v) is 0.805. The topological polar surface area (TPSA) is 39.8 Å². The predicted molar refractivity (Wildman–Crippen MR) is 42.5 cm³/mol. The van der Waals surface area contributed by atoms with Crippen molar-refractivity contribution in [2.75, 3.05) is 0 Å². The van der Waals surface area contributed by atoms with Crippen molar-refractivity contribution in [1.82, 2.24) is 14.3 Å². The van der Waals surface area contributed by atoms with Gasteiger partial charge >= 0.3 is 5.69 Å². The third-order valence-corrected chi connectivity index (χ3v) is 1.33. The normalized spacial score (nSPS) is 10.0. The molecule has 0 spiro atoms. The van der Waals surface area contributed by atoms with E-state index in [4.69, 9.17) is 11.6 Å². The number of halogens is 1. The van der Waals surface area contributed by atoms with Crippen molar-refractivity contribution < 1.29 is 0 Å². The summed E-state index contributed by atoms with van der Waals surface area (Å²) in [6.07, 6.45) is 1.43. The van der Waals surface area contributed by atoms with E-state index >= 15 is 0 Å². The predicted octanol–water partition coefficient (Wildman–Crippen LogP) is 0.334. The van der Waals surface area contributed by atoms with Crippen LogP contribution < -0.4 is 5.69 Å². The van der Waals surface area contributed by atoms with Gasteiger partial charge < -0.3 is 0 Å². The molecule has 11 heavy (non-hydrogen) atoms. The van der Waals surface area contributed by atoms with Crippen LogP contribution in [0.1, 0.15) is 0 Å². The summed E-state index contributed by atoms with van der Waals surface area (Å²) in [6, 6.07) is 0. The van der Waals surface area contributed by atoms with Crippen molar-refractivity contribution in [2.45, 2.75) is 6.54 Å². The lowest BCUT2D eigenvalue weighted by Crippen LogP contribution is -2.22. The van der Waals surface area contributed by atoms with Gasteiger partial charge in [0.2, 0.25) is 0 Å². The molecule has 0 fully saturated rings. The van der Waals surface area contributed by atoms with Crippen LogP contribution >= 0.6 is 11.6 Å². The quantitative estimate of drug-likeness (QED) is 0.647. The van der Waals surface area contributed by atoms with Gasteiger partial charge in [-0.1, -0.05) is 18.2 Å². The first-order chi connectivity index (χ1) is 5.11. The third-order valence-electron chi connectivity index (χ3n) is 1.21. The average Bonchev–Trinajstić information content (AvgIpc) is 2.18. The molecule has 0 saturated heterocycles. The second kappa shape index (κ2) is 2.92. The molecule has 1 aromatic heterocycles. The minimum Gasteiger partial charge on any atom is -0.285 e. The number of rotatable bonds is 2. The zero-order chi connectivity index (χ0) is 8.43. The van der Waals surface area contributed by atoms with Gasteiger partial charge in [0.1, 0.15) is 6.33 Å². The maximum absolute atomic E-state index is 11.1. The average molecular weight is 174 g/mol. The summed E-state index contributed by atoms with van der Waals surface area (Å²) in [5, 5.41) is 4.17. The van der Waals surface area contributed by atoms with Gasteiger partial charge in [-0.05, 0) is 0 Å². The van der Waals surface area contributed by atoms with Crippen molar-refractivity contribution in [3.8, 4) is 0 Å². The summed E-state index contributed by atoms with van der Waals surface area (Å²) >= 11 is 5.49. The zero-order valence-electron chi connectivity index (χ0n) is 6.12. The highest BCUT2D eigenvalue weighted by Gasteiger charge is 2.00. The molecule has 0 amide bonds. The SMILES string of the molecule is C=C(Cl)Cn1ncn(C)c1=O. The maximum Gasteiger partial charge on any atom is 0.345 e. The maximum atomic E-state index is 11.1. The number of nitrogens with zero attached hydrogens (tertiary/aromatic N) is 3. The van der Waals surface area contributed by atoms with E-state index in [1.165, 1.54) is 15.6 Å². The molecule has 0 atom stereocenters. The lowest BCUT2D eigenvalue weighted by atomic mass is 10.6. The fourth-order valence-electron chi connectivity index (χ4n) is 0.692. The van der Waals surface area contributed by atoms with Crippen molar-refractivity contribution in [3.05, 3.63) is 28.4 Å². The van der Waals surface area contributed by atoms with Gasteiger partial charge in [-0.25, -0.2) is 9.48 Å². The molecule has 1 heterocycles.